The number of rotatable bonds is 10. The van der Waals surface area contributed by atoms with Crippen molar-refractivity contribution in [2.24, 2.45) is 0 Å². The van der Waals surface area contributed by atoms with Gasteiger partial charge in [0.15, 0.2) is 0 Å². The third-order valence-corrected chi connectivity index (χ3v) is 5.47. The molecule has 2 heterocycles. The Morgan fingerprint density at radius 1 is 1.17 bits per heavy atom. The molecule has 1 atom stereocenters. The Kier molecular flexibility index (Phi) is 7.06. The molecule has 0 fully saturated rings. The highest BCUT2D eigenvalue weighted by atomic mass is 16.6. The average Bonchev–Trinajstić information content (AvgIpc) is 3.29. The Hall–Kier alpha value is -4.25. The molecular weight excluding hydrogens is 456 g/mol. The summed E-state index contributed by atoms with van der Waals surface area (Å²) in [6, 6.07) is 11.0. The van der Waals surface area contributed by atoms with Gasteiger partial charge in [-0.1, -0.05) is 12.1 Å². The molecule has 0 bridgehead atoms. The molecule has 11 nitrogen and oxygen atoms in total. The van der Waals surface area contributed by atoms with Gasteiger partial charge < -0.3 is 19.0 Å². The van der Waals surface area contributed by atoms with Gasteiger partial charge in [-0.25, -0.2) is 9.48 Å². The summed E-state index contributed by atoms with van der Waals surface area (Å²) in [5.41, 5.74) is 2.15. The average molecular weight is 480 g/mol. The fourth-order valence-corrected chi connectivity index (χ4v) is 3.65. The van der Waals surface area contributed by atoms with Crippen LogP contribution in [0.4, 0.5) is 5.69 Å². The van der Waals surface area contributed by atoms with Crippen molar-refractivity contribution in [3.63, 3.8) is 0 Å². The molecule has 4 rings (SSSR count). The largest absolute Gasteiger partial charge is 0.491 e. The van der Waals surface area contributed by atoms with Crippen LogP contribution in [0.15, 0.2) is 57.9 Å². The van der Waals surface area contributed by atoms with E-state index < -0.39 is 11.0 Å². The van der Waals surface area contributed by atoms with Crippen molar-refractivity contribution >= 4 is 16.7 Å². The SMILES string of the molecule is CCc1c(C)c2ccc(OCC(O)Cn3cc(COc4ccc([N+](=O)[O-])cc4)nn3)cc2oc1=O. The lowest BCUT2D eigenvalue weighted by Gasteiger charge is -2.13. The van der Waals surface area contributed by atoms with Crippen molar-refractivity contribution < 1.29 is 23.9 Å². The Balaban J connectivity index is 1.30. The van der Waals surface area contributed by atoms with Crippen LogP contribution in [0, 0.1) is 17.0 Å². The topological polar surface area (TPSA) is 143 Å². The van der Waals surface area contributed by atoms with Gasteiger partial charge >= 0.3 is 5.63 Å². The van der Waals surface area contributed by atoms with Crippen LogP contribution in [0.25, 0.3) is 11.0 Å². The van der Waals surface area contributed by atoms with E-state index in [1.165, 1.54) is 28.9 Å². The monoisotopic (exact) mass is 480 g/mol. The van der Waals surface area contributed by atoms with E-state index in [0.717, 1.165) is 10.9 Å². The zero-order chi connectivity index (χ0) is 24.9. The summed E-state index contributed by atoms with van der Waals surface area (Å²) in [6.07, 6.45) is 1.36. The third-order valence-electron chi connectivity index (χ3n) is 5.47. The first kappa shape index (κ1) is 23.9. The second-order valence-electron chi connectivity index (χ2n) is 7.94. The van der Waals surface area contributed by atoms with Crippen molar-refractivity contribution in [3.8, 4) is 11.5 Å². The molecule has 0 aliphatic carbocycles. The second-order valence-corrected chi connectivity index (χ2v) is 7.94. The van der Waals surface area contributed by atoms with Crippen LogP contribution in [-0.2, 0) is 19.6 Å². The number of aliphatic hydroxyl groups excluding tert-OH is 1. The minimum atomic E-state index is -0.868. The Morgan fingerprint density at radius 2 is 1.91 bits per heavy atom. The van der Waals surface area contributed by atoms with E-state index in [-0.39, 0.29) is 31.1 Å². The standard InChI is InChI=1S/C24H24N4O7/c1-3-21-15(2)22-9-8-20(10-23(22)35-24(21)30)34-14-18(29)12-27-11-16(25-26-27)13-33-19-6-4-17(5-7-19)28(31)32/h4-11,18,29H,3,12-14H2,1-2H3. The quantitative estimate of drug-likeness (QED) is 0.206. The predicted octanol–water partition coefficient (Wildman–Crippen LogP) is 3.18. The Labute approximate surface area is 199 Å². The Morgan fingerprint density at radius 3 is 2.63 bits per heavy atom. The molecule has 0 spiro atoms. The summed E-state index contributed by atoms with van der Waals surface area (Å²) >= 11 is 0. The van der Waals surface area contributed by atoms with Crippen LogP contribution in [0.1, 0.15) is 23.7 Å². The molecule has 0 radical (unpaired) electrons. The van der Waals surface area contributed by atoms with Crippen molar-refractivity contribution in [1.29, 1.82) is 0 Å². The predicted molar refractivity (Wildman–Crippen MR) is 126 cm³/mol. The van der Waals surface area contributed by atoms with E-state index >= 15 is 0 Å². The van der Waals surface area contributed by atoms with Gasteiger partial charge in [-0.05, 0) is 43.2 Å². The molecule has 4 aromatic rings. The van der Waals surface area contributed by atoms with Crippen molar-refractivity contribution in [2.45, 2.75) is 39.5 Å². The van der Waals surface area contributed by atoms with Crippen molar-refractivity contribution in [2.75, 3.05) is 6.61 Å². The lowest BCUT2D eigenvalue weighted by molar-refractivity contribution is -0.384. The number of fused-ring (bicyclic) bond motifs is 1. The fourth-order valence-electron chi connectivity index (χ4n) is 3.65. The number of ether oxygens (including phenoxy) is 2. The van der Waals surface area contributed by atoms with Gasteiger partial charge in [0.2, 0.25) is 0 Å². The van der Waals surface area contributed by atoms with Crippen molar-refractivity contribution in [3.05, 3.63) is 86.0 Å². The van der Waals surface area contributed by atoms with Gasteiger partial charge in [0.1, 0.15) is 42.1 Å². The van der Waals surface area contributed by atoms with Crippen LogP contribution >= 0.6 is 0 Å². The summed E-state index contributed by atoms with van der Waals surface area (Å²) in [7, 11) is 0. The molecule has 0 saturated carbocycles. The molecule has 11 heteroatoms. The molecule has 0 saturated heterocycles. The summed E-state index contributed by atoms with van der Waals surface area (Å²) in [6.45, 7) is 4.06. The fraction of sp³-hybridized carbons (Fsp3) is 0.292. The molecule has 2 aromatic carbocycles. The number of hydrogen-bond acceptors (Lipinski definition) is 9. The maximum Gasteiger partial charge on any atom is 0.339 e. The molecule has 182 valence electrons. The van der Waals surface area contributed by atoms with E-state index in [1.54, 1.807) is 18.3 Å². The number of nitrogens with zero attached hydrogens (tertiary/aromatic N) is 4. The maximum atomic E-state index is 12.1. The molecular formula is C24H24N4O7. The van der Waals surface area contributed by atoms with Crippen LogP contribution in [0.5, 0.6) is 11.5 Å². The highest BCUT2D eigenvalue weighted by molar-refractivity contribution is 5.82. The third kappa shape index (κ3) is 5.64. The van der Waals surface area contributed by atoms with Gasteiger partial charge in [0.25, 0.3) is 5.69 Å². The first-order chi connectivity index (χ1) is 16.8. The minimum absolute atomic E-state index is 0.00372. The zero-order valence-electron chi connectivity index (χ0n) is 19.2. The van der Waals surface area contributed by atoms with Gasteiger partial charge in [-0.2, -0.15) is 0 Å². The number of aromatic nitrogens is 3. The first-order valence-electron chi connectivity index (χ1n) is 11.0. The van der Waals surface area contributed by atoms with Crippen LogP contribution in [0.3, 0.4) is 0 Å². The number of nitro benzene ring substituents is 1. The molecule has 0 aliphatic rings. The van der Waals surface area contributed by atoms with Crippen molar-refractivity contribution in [1.82, 2.24) is 15.0 Å². The number of benzene rings is 2. The van der Waals surface area contributed by atoms with Gasteiger partial charge in [0, 0.05) is 29.1 Å². The van der Waals surface area contributed by atoms with Crippen LogP contribution in [-0.4, -0.2) is 37.7 Å². The molecule has 0 amide bonds. The van der Waals surface area contributed by atoms with E-state index in [1.807, 2.05) is 19.9 Å². The molecule has 1 N–H and O–H groups in total. The van der Waals surface area contributed by atoms with E-state index in [2.05, 4.69) is 10.3 Å². The highest BCUT2D eigenvalue weighted by Crippen LogP contribution is 2.24. The highest BCUT2D eigenvalue weighted by Gasteiger charge is 2.13. The van der Waals surface area contributed by atoms with Gasteiger partial charge in [-0.3, -0.25) is 10.1 Å². The number of aliphatic hydroxyl groups is 1. The minimum Gasteiger partial charge on any atom is -0.491 e. The lowest BCUT2D eigenvalue weighted by atomic mass is 10.0. The molecule has 1 unspecified atom stereocenters. The zero-order valence-corrected chi connectivity index (χ0v) is 19.2. The number of nitro groups is 1. The van der Waals surface area contributed by atoms with Gasteiger partial charge in [0.05, 0.1) is 17.7 Å². The first-order valence-corrected chi connectivity index (χ1v) is 11.0. The Bertz CT molecular complexity index is 1400. The molecule has 35 heavy (non-hydrogen) atoms. The smallest absolute Gasteiger partial charge is 0.339 e. The maximum absolute atomic E-state index is 12.1. The summed E-state index contributed by atoms with van der Waals surface area (Å²) in [5, 5.41) is 29.9. The second kappa shape index (κ2) is 10.3. The van der Waals surface area contributed by atoms with Crippen LogP contribution in [0.2, 0.25) is 0 Å². The molecule has 2 aromatic heterocycles. The normalized spacial score (nSPS) is 12.0. The summed E-state index contributed by atoms with van der Waals surface area (Å²) < 4.78 is 18.1. The van der Waals surface area contributed by atoms with E-state index in [4.69, 9.17) is 13.9 Å². The summed E-state index contributed by atoms with van der Waals surface area (Å²) in [5.74, 6) is 0.935. The van der Waals surface area contributed by atoms with Gasteiger partial charge in [-0.15, -0.1) is 5.10 Å². The van der Waals surface area contributed by atoms with Crippen LogP contribution < -0.4 is 15.1 Å². The number of non-ortho nitro benzene ring substituents is 1. The number of aryl methyl sites for hydroxylation is 1. The van der Waals surface area contributed by atoms with E-state index in [0.29, 0.717) is 34.8 Å². The summed E-state index contributed by atoms with van der Waals surface area (Å²) in [4.78, 5) is 22.4. The molecule has 0 aliphatic heterocycles. The number of hydrogen-bond donors (Lipinski definition) is 1. The van der Waals surface area contributed by atoms with E-state index in [9.17, 15) is 20.0 Å². The lowest BCUT2D eigenvalue weighted by Crippen LogP contribution is -2.24.